The lowest BCUT2D eigenvalue weighted by Gasteiger charge is -2.28. The molecule has 2 heterocycles. The van der Waals surface area contributed by atoms with Gasteiger partial charge in [0, 0.05) is 23.1 Å². The van der Waals surface area contributed by atoms with Gasteiger partial charge in [-0.1, -0.05) is 31.0 Å². The molecule has 0 spiro atoms. The van der Waals surface area contributed by atoms with Crippen LogP contribution in [0.5, 0.6) is 0 Å². The van der Waals surface area contributed by atoms with Crippen molar-refractivity contribution in [2.75, 3.05) is 4.90 Å². The summed E-state index contributed by atoms with van der Waals surface area (Å²) < 4.78 is 1.64. The van der Waals surface area contributed by atoms with Crippen molar-refractivity contribution in [1.29, 1.82) is 0 Å². The second kappa shape index (κ2) is 6.27. The predicted molar refractivity (Wildman–Crippen MR) is 95.8 cm³/mol. The van der Waals surface area contributed by atoms with Crippen LogP contribution < -0.4 is 4.90 Å². The topological polar surface area (TPSA) is 63.4 Å². The molecule has 25 heavy (non-hydrogen) atoms. The van der Waals surface area contributed by atoms with E-state index in [-0.39, 0.29) is 17.8 Å². The van der Waals surface area contributed by atoms with Gasteiger partial charge in [0.05, 0.1) is 0 Å². The van der Waals surface area contributed by atoms with E-state index in [0.29, 0.717) is 5.78 Å². The first-order chi connectivity index (χ1) is 12.1. The van der Waals surface area contributed by atoms with Crippen LogP contribution in [0.3, 0.4) is 0 Å². The van der Waals surface area contributed by atoms with Crippen molar-refractivity contribution in [3.8, 4) is 0 Å². The first kappa shape index (κ1) is 15.7. The number of para-hydroxylation sites is 1. The van der Waals surface area contributed by atoms with Gasteiger partial charge >= 0.3 is 0 Å². The van der Waals surface area contributed by atoms with Gasteiger partial charge in [0.1, 0.15) is 0 Å². The highest BCUT2D eigenvalue weighted by molar-refractivity contribution is 6.04. The van der Waals surface area contributed by atoms with Crippen LogP contribution in [0.25, 0.3) is 5.78 Å². The number of amides is 1. The Bertz CT molecular complexity index is 912. The average Bonchev–Trinajstić information content (AvgIpc) is 3.26. The number of anilines is 1. The molecule has 6 heteroatoms. The van der Waals surface area contributed by atoms with Gasteiger partial charge in [-0.05, 0) is 44.9 Å². The number of carbonyl (C=O) groups excluding carboxylic acids is 1. The summed E-state index contributed by atoms with van der Waals surface area (Å²) in [7, 11) is 0. The number of benzene rings is 1. The van der Waals surface area contributed by atoms with Crippen molar-refractivity contribution in [3.63, 3.8) is 0 Å². The highest BCUT2D eigenvalue weighted by atomic mass is 16.2. The van der Waals surface area contributed by atoms with Crippen molar-refractivity contribution >= 4 is 17.4 Å². The first-order valence-electron chi connectivity index (χ1n) is 8.73. The molecule has 1 fully saturated rings. The van der Waals surface area contributed by atoms with Crippen LogP contribution in [0.15, 0.2) is 36.4 Å². The summed E-state index contributed by atoms with van der Waals surface area (Å²) in [5.41, 5.74) is 2.69. The summed E-state index contributed by atoms with van der Waals surface area (Å²) >= 11 is 0. The molecule has 1 saturated carbocycles. The molecule has 3 aromatic rings. The number of fused-ring (bicyclic) bond motifs is 1. The van der Waals surface area contributed by atoms with Gasteiger partial charge in [-0.2, -0.15) is 4.98 Å². The normalized spacial score (nSPS) is 15.0. The third-order valence-electron chi connectivity index (χ3n) is 4.75. The highest BCUT2D eigenvalue weighted by Gasteiger charge is 2.31. The van der Waals surface area contributed by atoms with E-state index in [1.165, 1.54) is 0 Å². The van der Waals surface area contributed by atoms with Crippen molar-refractivity contribution in [1.82, 2.24) is 19.6 Å². The van der Waals surface area contributed by atoms with Crippen LogP contribution in [-0.4, -0.2) is 31.5 Å². The molecule has 0 radical (unpaired) electrons. The van der Waals surface area contributed by atoms with E-state index >= 15 is 0 Å². The van der Waals surface area contributed by atoms with Crippen LogP contribution in [0.1, 0.15) is 47.7 Å². The Hall–Kier alpha value is -2.76. The summed E-state index contributed by atoms with van der Waals surface area (Å²) in [5, 5.41) is 4.42. The molecule has 0 atom stereocenters. The van der Waals surface area contributed by atoms with Gasteiger partial charge in [0.25, 0.3) is 11.7 Å². The van der Waals surface area contributed by atoms with E-state index in [9.17, 15) is 4.79 Å². The number of aryl methyl sites for hydroxylation is 2. The van der Waals surface area contributed by atoms with Gasteiger partial charge in [-0.15, -0.1) is 5.10 Å². The molecule has 2 aromatic heterocycles. The van der Waals surface area contributed by atoms with Crippen LogP contribution in [-0.2, 0) is 0 Å². The van der Waals surface area contributed by atoms with Crippen LogP contribution in [0, 0.1) is 13.8 Å². The lowest BCUT2D eigenvalue weighted by Crippen LogP contribution is -2.39. The van der Waals surface area contributed by atoms with Crippen LogP contribution in [0.4, 0.5) is 5.69 Å². The number of hydrogen-bond acceptors (Lipinski definition) is 4. The molecule has 6 nitrogen and oxygen atoms in total. The van der Waals surface area contributed by atoms with Crippen molar-refractivity contribution < 1.29 is 4.79 Å². The highest BCUT2D eigenvalue weighted by Crippen LogP contribution is 2.29. The lowest BCUT2D eigenvalue weighted by molar-refractivity contribution is 0.0967. The van der Waals surface area contributed by atoms with Gasteiger partial charge < -0.3 is 4.90 Å². The molecule has 1 aliphatic carbocycles. The molecule has 1 aliphatic rings. The number of nitrogens with zero attached hydrogens (tertiary/aromatic N) is 5. The number of carbonyl (C=O) groups is 1. The number of hydrogen-bond donors (Lipinski definition) is 0. The minimum Gasteiger partial charge on any atom is -0.303 e. The van der Waals surface area contributed by atoms with Gasteiger partial charge in [0.15, 0.2) is 0 Å². The molecular formula is C19H21N5O. The zero-order chi connectivity index (χ0) is 17.4. The molecule has 0 aliphatic heterocycles. The molecule has 1 aromatic carbocycles. The number of aromatic nitrogens is 4. The molecular weight excluding hydrogens is 314 g/mol. The van der Waals surface area contributed by atoms with E-state index < -0.39 is 0 Å². The van der Waals surface area contributed by atoms with Crippen LogP contribution in [0.2, 0.25) is 0 Å². The van der Waals surface area contributed by atoms with Crippen molar-refractivity contribution in [3.05, 3.63) is 53.6 Å². The summed E-state index contributed by atoms with van der Waals surface area (Å²) in [6.45, 7) is 3.86. The summed E-state index contributed by atoms with van der Waals surface area (Å²) in [5.74, 6) is 0.526. The quantitative estimate of drug-likeness (QED) is 0.736. The smallest absolute Gasteiger partial charge is 0.298 e. The van der Waals surface area contributed by atoms with E-state index in [0.717, 1.165) is 42.8 Å². The second-order valence-corrected chi connectivity index (χ2v) is 6.64. The maximum Gasteiger partial charge on any atom is 0.298 e. The molecule has 0 saturated heterocycles. The fourth-order valence-electron chi connectivity index (χ4n) is 3.61. The largest absolute Gasteiger partial charge is 0.303 e. The van der Waals surface area contributed by atoms with E-state index in [1.807, 2.05) is 55.1 Å². The van der Waals surface area contributed by atoms with E-state index in [4.69, 9.17) is 0 Å². The first-order valence-corrected chi connectivity index (χ1v) is 8.73. The minimum atomic E-state index is -0.152. The zero-order valence-electron chi connectivity index (χ0n) is 14.5. The SMILES string of the molecule is Cc1cc(C)n2nc(C(=O)N(c3ccccc3)C3CCCC3)nc2n1. The van der Waals surface area contributed by atoms with Crippen LogP contribution >= 0.6 is 0 Å². The molecule has 0 bridgehead atoms. The summed E-state index contributed by atoms with van der Waals surface area (Å²) in [6, 6.07) is 12.0. The Morgan fingerprint density at radius 1 is 1.12 bits per heavy atom. The van der Waals surface area contributed by atoms with Crippen molar-refractivity contribution in [2.24, 2.45) is 0 Å². The lowest BCUT2D eigenvalue weighted by atomic mass is 10.1. The van der Waals surface area contributed by atoms with Crippen molar-refractivity contribution in [2.45, 2.75) is 45.6 Å². The maximum atomic E-state index is 13.3. The van der Waals surface area contributed by atoms with Gasteiger partial charge in [-0.3, -0.25) is 4.79 Å². The second-order valence-electron chi connectivity index (χ2n) is 6.64. The Kier molecular flexibility index (Phi) is 3.95. The van der Waals surface area contributed by atoms with E-state index in [2.05, 4.69) is 15.1 Å². The zero-order valence-corrected chi connectivity index (χ0v) is 14.5. The summed E-state index contributed by atoms with van der Waals surface area (Å²) in [4.78, 5) is 23.9. The monoisotopic (exact) mass is 335 g/mol. The Labute approximate surface area is 146 Å². The Morgan fingerprint density at radius 3 is 2.56 bits per heavy atom. The van der Waals surface area contributed by atoms with E-state index in [1.54, 1.807) is 4.52 Å². The fourth-order valence-corrected chi connectivity index (χ4v) is 3.61. The van der Waals surface area contributed by atoms with Gasteiger partial charge in [0.2, 0.25) is 5.82 Å². The third kappa shape index (κ3) is 2.88. The molecule has 0 N–H and O–H groups in total. The fraction of sp³-hybridized carbons (Fsp3) is 0.368. The summed E-state index contributed by atoms with van der Waals surface area (Å²) in [6.07, 6.45) is 4.34. The number of rotatable bonds is 3. The molecule has 128 valence electrons. The minimum absolute atomic E-state index is 0.152. The molecule has 4 rings (SSSR count). The maximum absolute atomic E-state index is 13.3. The standard InChI is InChI=1S/C19H21N5O/c1-13-12-14(2)24-19(20-13)21-17(22-24)18(25)23(16-10-6-7-11-16)15-8-4-3-5-9-15/h3-5,8-9,12,16H,6-7,10-11H2,1-2H3. The average molecular weight is 335 g/mol. The molecule has 1 amide bonds. The van der Waals surface area contributed by atoms with Gasteiger partial charge in [-0.25, -0.2) is 9.50 Å². The third-order valence-corrected chi connectivity index (χ3v) is 4.75. The molecule has 0 unspecified atom stereocenters. The Morgan fingerprint density at radius 2 is 1.84 bits per heavy atom. The predicted octanol–water partition coefficient (Wildman–Crippen LogP) is 3.33. The Balaban J connectivity index is 1.77.